The summed E-state index contributed by atoms with van der Waals surface area (Å²) in [6.45, 7) is 1.77. The molecular weight excluding hydrogens is 213 g/mol. The van der Waals surface area contributed by atoms with Gasteiger partial charge in [-0.15, -0.1) is 0 Å². The van der Waals surface area contributed by atoms with Crippen LogP contribution < -0.4 is 5.73 Å². The van der Waals surface area contributed by atoms with Crippen molar-refractivity contribution in [2.24, 2.45) is 5.73 Å². The second-order valence-electron chi connectivity index (χ2n) is 3.20. The Labute approximate surface area is 79.5 Å². The molecule has 1 amide bonds. The number of nitrogens with two attached hydrogens (primary N) is 1. The molecule has 0 spiro atoms. The van der Waals surface area contributed by atoms with E-state index in [1.807, 2.05) is 6.08 Å². The van der Waals surface area contributed by atoms with Crippen LogP contribution in [0.5, 0.6) is 0 Å². The summed E-state index contributed by atoms with van der Waals surface area (Å²) in [6, 6.07) is 0. The van der Waals surface area contributed by atoms with Crippen LogP contribution in [0, 0.1) is 0 Å². The average Bonchev–Trinajstić information content (AvgIpc) is 1.97. The molecule has 3 heteroatoms. The molecule has 0 heterocycles. The number of primary amides is 1. The first kappa shape index (κ1) is 11.8. The predicted molar refractivity (Wildman–Crippen MR) is 54.5 cm³/mol. The van der Waals surface area contributed by atoms with Gasteiger partial charge in [-0.2, -0.15) is 0 Å². The Balaban J connectivity index is 3.54. The minimum atomic E-state index is -0.461. The van der Waals surface area contributed by atoms with Gasteiger partial charge in [-0.1, -0.05) is 0 Å². The zero-order valence-electron chi connectivity index (χ0n) is 8.13. The first-order valence-corrected chi connectivity index (χ1v) is 9.23. The summed E-state index contributed by atoms with van der Waals surface area (Å²) in [6.07, 6.45) is 4.15. The fourth-order valence-corrected chi connectivity index (χ4v) is 2.54. The molecule has 70 valence electrons. The average molecular weight is 231 g/mol. The maximum atomic E-state index is 10.6. The van der Waals surface area contributed by atoms with E-state index in [0.29, 0.717) is 5.57 Å². The van der Waals surface area contributed by atoms with Gasteiger partial charge in [-0.25, -0.2) is 0 Å². The van der Waals surface area contributed by atoms with Gasteiger partial charge < -0.3 is 0 Å². The number of hydrogen-bond acceptors (Lipinski definition) is 1. The quantitative estimate of drug-likeness (QED) is 0.438. The number of unbranched alkanes of at least 4 members (excludes halogenated alkanes) is 1. The number of rotatable bonds is 5. The molecule has 0 aromatic carbocycles. The first-order chi connectivity index (χ1) is 5.54. The summed E-state index contributed by atoms with van der Waals surface area (Å²) in [5.41, 5.74) is 10.5. The molecular formula is C9H18AsNO. The Kier molecular flexibility index (Phi) is 6.18. The van der Waals surface area contributed by atoms with Crippen LogP contribution in [-0.2, 0) is 4.79 Å². The first-order valence-electron chi connectivity index (χ1n) is 4.15. The van der Waals surface area contributed by atoms with E-state index in [-0.39, 0.29) is 5.91 Å². The van der Waals surface area contributed by atoms with Crippen molar-refractivity contribution in [1.29, 1.82) is 0 Å². The van der Waals surface area contributed by atoms with E-state index in [0.717, 1.165) is 6.42 Å². The van der Waals surface area contributed by atoms with Gasteiger partial charge in [0.15, 0.2) is 0 Å². The summed E-state index contributed by atoms with van der Waals surface area (Å²) >= 11 is -0.461. The van der Waals surface area contributed by atoms with E-state index in [1.165, 1.54) is 11.6 Å². The molecule has 0 aromatic heterocycles. The Morgan fingerprint density at radius 1 is 1.50 bits per heavy atom. The molecule has 0 atom stereocenters. The molecule has 0 radical (unpaired) electrons. The van der Waals surface area contributed by atoms with Crippen molar-refractivity contribution in [3.05, 3.63) is 11.6 Å². The molecule has 12 heavy (non-hydrogen) atoms. The molecule has 0 fully saturated rings. The van der Waals surface area contributed by atoms with Gasteiger partial charge in [0, 0.05) is 0 Å². The van der Waals surface area contributed by atoms with Gasteiger partial charge in [-0.3, -0.25) is 0 Å². The maximum absolute atomic E-state index is 10.6. The standard InChI is InChI=1S/C9H18AsNO/c1-8(9(11)12)6-4-5-7-10(2)3/h6H,4-5,7H2,1-3H3,(H2,11,12)/b8-6+. The third-order valence-electron chi connectivity index (χ3n) is 1.65. The van der Waals surface area contributed by atoms with E-state index in [2.05, 4.69) is 11.4 Å². The second-order valence-corrected chi connectivity index (χ2v) is 8.67. The Morgan fingerprint density at radius 2 is 2.08 bits per heavy atom. The van der Waals surface area contributed by atoms with Crippen LogP contribution in [0.25, 0.3) is 0 Å². The topological polar surface area (TPSA) is 43.1 Å². The molecule has 0 unspecified atom stereocenters. The van der Waals surface area contributed by atoms with Crippen molar-refractivity contribution in [1.82, 2.24) is 0 Å². The Bertz CT molecular complexity index is 175. The van der Waals surface area contributed by atoms with Gasteiger partial charge in [0.2, 0.25) is 0 Å². The van der Waals surface area contributed by atoms with Gasteiger partial charge in [0.25, 0.3) is 0 Å². The fourth-order valence-electron chi connectivity index (χ4n) is 0.827. The van der Waals surface area contributed by atoms with Crippen LogP contribution in [0.1, 0.15) is 19.8 Å². The Morgan fingerprint density at radius 3 is 2.50 bits per heavy atom. The van der Waals surface area contributed by atoms with E-state index in [1.54, 1.807) is 6.92 Å². The molecule has 0 aliphatic rings. The van der Waals surface area contributed by atoms with Crippen LogP contribution in [0.15, 0.2) is 11.6 Å². The molecule has 0 bridgehead atoms. The van der Waals surface area contributed by atoms with Gasteiger partial charge in [-0.05, 0) is 0 Å². The normalized spacial score (nSPS) is 12.2. The van der Waals surface area contributed by atoms with Gasteiger partial charge in [0.05, 0.1) is 0 Å². The SMILES string of the molecule is C/C(=C\CCC[As](C)C)C(N)=O. The van der Waals surface area contributed by atoms with E-state index >= 15 is 0 Å². The summed E-state index contributed by atoms with van der Waals surface area (Å²) in [5, 5.41) is 1.36. The predicted octanol–water partition coefficient (Wildman–Crippen LogP) is 1.95. The fraction of sp³-hybridized carbons (Fsp3) is 0.667. The minimum absolute atomic E-state index is 0.294. The molecule has 2 nitrogen and oxygen atoms in total. The molecule has 0 aliphatic heterocycles. The van der Waals surface area contributed by atoms with Crippen LogP contribution >= 0.6 is 0 Å². The summed E-state index contributed by atoms with van der Waals surface area (Å²) < 4.78 is 0. The Hall–Kier alpha value is -0.232. The van der Waals surface area contributed by atoms with Crippen molar-refractivity contribution in [3.63, 3.8) is 0 Å². The number of carbonyl (C=O) groups excluding carboxylic acids is 1. The van der Waals surface area contributed by atoms with E-state index in [9.17, 15) is 4.79 Å². The summed E-state index contributed by atoms with van der Waals surface area (Å²) in [5.74, 6) is -0.294. The zero-order chi connectivity index (χ0) is 9.56. The monoisotopic (exact) mass is 231 g/mol. The zero-order valence-corrected chi connectivity index (χ0v) is 10.0. The van der Waals surface area contributed by atoms with Gasteiger partial charge in [0.1, 0.15) is 0 Å². The van der Waals surface area contributed by atoms with Crippen molar-refractivity contribution >= 4 is 20.6 Å². The van der Waals surface area contributed by atoms with Crippen LogP contribution in [-0.4, -0.2) is 20.6 Å². The van der Waals surface area contributed by atoms with E-state index < -0.39 is 14.7 Å². The van der Waals surface area contributed by atoms with E-state index in [4.69, 9.17) is 5.73 Å². The summed E-state index contributed by atoms with van der Waals surface area (Å²) in [4.78, 5) is 10.6. The van der Waals surface area contributed by atoms with Crippen LogP contribution in [0.4, 0.5) is 0 Å². The summed E-state index contributed by atoms with van der Waals surface area (Å²) in [7, 11) is 0. The van der Waals surface area contributed by atoms with Crippen molar-refractivity contribution in [3.8, 4) is 0 Å². The van der Waals surface area contributed by atoms with Crippen molar-refractivity contribution < 1.29 is 4.79 Å². The molecule has 0 aromatic rings. The third kappa shape index (κ3) is 6.48. The number of hydrogen-bond donors (Lipinski definition) is 1. The van der Waals surface area contributed by atoms with Gasteiger partial charge >= 0.3 is 79.1 Å². The van der Waals surface area contributed by atoms with Crippen LogP contribution in [0.3, 0.4) is 0 Å². The molecule has 0 saturated carbocycles. The molecule has 0 rings (SSSR count). The number of amides is 1. The molecule has 0 aliphatic carbocycles. The third-order valence-corrected chi connectivity index (χ3v) is 4.19. The number of carbonyl (C=O) groups is 1. The van der Waals surface area contributed by atoms with Crippen LogP contribution in [0.2, 0.25) is 16.6 Å². The van der Waals surface area contributed by atoms with Crippen molar-refractivity contribution in [2.75, 3.05) is 0 Å². The molecule has 0 saturated heterocycles. The number of allylic oxidation sites excluding steroid dienone is 1. The van der Waals surface area contributed by atoms with Crippen molar-refractivity contribution in [2.45, 2.75) is 36.4 Å². The molecule has 2 N–H and O–H groups in total. The second kappa shape index (κ2) is 6.30.